The molecular formula is C34H39FN2O8. The molecule has 2 aliphatic rings. The molecule has 2 heterocycles. The molecule has 11 heteroatoms. The molecule has 3 aromatic carbocycles. The van der Waals surface area contributed by atoms with Gasteiger partial charge < -0.3 is 38.1 Å². The van der Waals surface area contributed by atoms with Gasteiger partial charge in [0, 0.05) is 37.0 Å². The molecule has 1 atom stereocenters. The van der Waals surface area contributed by atoms with Crippen LogP contribution in [0.5, 0.6) is 46.0 Å². The number of unbranched alkanes of at least 4 members (excludes halogenated alkanes) is 3. The van der Waals surface area contributed by atoms with Crippen molar-refractivity contribution < 1.29 is 42.3 Å². The van der Waals surface area contributed by atoms with Gasteiger partial charge in [-0.15, -0.1) is 0 Å². The minimum atomic E-state index is -0.554. The fourth-order valence-corrected chi connectivity index (χ4v) is 5.45. The molecule has 1 saturated heterocycles. The van der Waals surface area contributed by atoms with E-state index in [2.05, 4.69) is 4.99 Å². The summed E-state index contributed by atoms with van der Waals surface area (Å²) < 4.78 is 53.8. The molecule has 0 radical (unpaired) electrons. The Bertz CT molecular complexity index is 1500. The molecule has 45 heavy (non-hydrogen) atoms. The predicted octanol–water partition coefficient (Wildman–Crippen LogP) is 6.99. The normalized spacial score (nSPS) is 15.2. The smallest absolute Gasteiger partial charge is 0.256 e. The van der Waals surface area contributed by atoms with E-state index in [1.165, 1.54) is 33.5 Å². The number of methoxy groups -OCH3 is 4. The number of fused-ring (bicyclic) bond motifs is 2. The van der Waals surface area contributed by atoms with Gasteiger partial charge in [-0.25, -0.2) is 4.39 Å². The van der Waals surface area contributed by atoms with Crippen molar-refractivity contribution in [3.05, 3.63) is 53.8 Å². The molecular weight excluding hydrogens is 583 g/mol. The number of amides is 1. The number of ether oxygens (including phenoxy) is 7. The van der Waals surface area contributed by atoms with E-state index in [0.717, 1.165) is 45.1 Å². The fourth-order valence-electron chi connectivity index (χ4n) is 5.45. The standard InChI is InChI=1S/C34H39FN2O8/c1-39-29-19-25-27(36-21-22-10-9-13-37(22)34(25)38)20-30(29)44-15-8-6-5-7-14-43-23-11-12-28(26(35)16-23)45-24-17-31(40-2)33(42-4)32(18-24)41-3/h11-12,16-22H,5-10,13-15H2,1-4H3/t22-/m0/s1. The van der Waals surface area contributed by atoms with Crippen LogP contribution in [0.1, 0.15) is 48.9 Å². The largest absolute Gasteiger partial charge is 0.493 e. The minimum absolute atomic E-state index is 0.0141. The molecule has 0 N–H and O–H groups in total. The first-order chi connectivity index (χ1) is 21.9. The van der Waals surface area contributed by atoms with Gasteiger partial charge in [0.1, 0.15) is 11.5 Å². The van der Waals surface area contributed by atoms with Gasteiger partial charge in [0.05, 0.1) is 58.9 Å². The van der Waals surface area contributed by atoms with Crippen molar-refractivity contribution in [2.24, 2.45) is 4.99 Å². The number of hydrogen-bond donors (Lipinski definition) is 0. The fraction of sp³-hybridized carbons (Fsp3) is 0.412. The monoisotopic (exact) mass is 622 g/mol. The van der Waals surface area contributed by atoms with Crippen LogP contribution < -0.4 is 33.2 Å². The highest BCUT2D eigenvalue weighted by atomic mass is 19.1. The van der Waals surface area contributed by atoms with Crippen LogP contribution in [0.15, 0.2) is 47.5 Å². The zero-order chi connectivity index (χ0) is 31.8. The van der Waals surface area contributed by atoms with Crippen molar-refractivity contribution in [1.82, 2.24) is 4.90 Å². The van der Waals surface area contributed by atoms with Gasteiger partial charge >= 0.3 is 0 Å². The van der Waals surface area contributed by atoms with Crippen LogP contribution in [0.4, 0.5) is 10.1 Å². The van der Waals surface area contributed by atoms with Gasteiger partial charge in [0.15, 0.2) is 34.6 Å². The average molecular weight is 623 g/mol. The zero-order valence-electron chi connectivity index (χ0n) is 26.1. The van der Waals surface area contributed by atoms with Crippen molar-refractivity contribution >= 4 is 17.8 Å². The molecule has 1 fully saturated rings. The lowest BCUT2D eigenvalue weighted by atomic mass is 10.1. The lowest BCUT2D eigenvalue weighted by Gasteiger charge is -2.20. The summed E-state index contributed by atoms with van der Waals surface area (Å²) in [4.78, 5) is 19.5. The van der Waals surface area contributed by atoms with Crippen LogP contribution in [-0.4, -0.2) is 71.3 Å². The molecule has 3 aromatic rings. The van der Waals surface area contributed by atoms with E-state index in [1.807, 2.05) is 11.1 Å². The molecule has 240 valence electrons. The molecule has 0 saturated carbocycles. The third-order valence-electron chi connectivity index (χ3n) is 7.79. The summed E-state index contributed by atoms with van der Waals surface area (Å²) in [6, 6.07) is 11.3. The summed E-state index contributed by atoms with van der Waals surface area (Å²) >= 11 is 0. The van der Waals surface area contributed by atoms with Crippen LogP contribution in [0.25, 0.3) is 0 Å². The molecule has 1 amide bonds. The van der Waals surface area contributed by atoms with E-state index in [0.29, 0.717) is 64.7 Å². The molecule has 0 spiro atoms. The van der Waals surface area contributed by atoms with Crippen molar-refractivity contribution in [2.75, 3.05) is 48.2 Å². The maximum Gasteiger partial charge on any atom is 0.256 e. The Kier molecular flexibility index (Phi) is 10.5. The number of carbonyl (C=O) groups excluding carboxylic acids is 1. The average Bonchev–Trinajstić information content (AvgIpc) is 3.49. The molecule has 0 aromatic heterocycles. The summed E-state index contributed by atoms with van der Waals surface area (Å²) in [6.07, 6.45) is 7.28. The molecule has 0 aliphatic carbocycles. The number of aliphatic imine (C=N–C) groups is 1. The quantitative estimate of drug-likeness (QED) is 0.167. The second kappa shape index (κ2) is 14.9. The van der Waals surface area contributed by atoms with Crippen LogP contribution in [0.2, 0.25) is 0 Å². The van der Waals surface area contributed by atoms with Crippen molar-refractivity contribution in [3.63, 3.8) is 0 Å². The van der Waals surface area contributed by atoms with Crippen LogP contribution >= 0.6 is 0 Å². The molecule has 0 unspecified atom stereocenters. The number of rotatable bonds is 15. The zero-order valence-corrected chi connectivity index (χ0v) is 26.1. The number of benzene rings is 3. The van der Waals surface area contributed by atoms with Gasteiger partial charge in [0.25, 0.3) is 5.91 Å². The van der Waals surface area contributed by atoms with Crippen LogP contribution in [0.3, 0.4) is 0 Å². The van der Waals surface area contributed by atoms with E-state index < -0.39 is 5.82 Å². The molecule has 2 aliphatic heterocycles. The Hall–Kier alpha value is -4.67. The highest BCUT2D eigenvalue weighted by molar-refractivity contribution is 6.03. The number of carbonyl (C=O) groups is 1. The lowest BCUT2D eigenvalue weighted by Crippen LogP contribution is -2.35. The predicted molar refractivity (Wildman–Crippen MR) is 167 cm³/mol. The lowest BCUT2D eigenvalue weighted by molar-refractivity contribution is 0.0774. The highest BCUT2D eigenvalue weighted by Gasteiger charge is 2.32. The summed E-state index contributed by atoms with van der Waals surface area (Å²) in [5.41, 5.74) is 1.15. The summed E-state index contributed by atoms with van der Waals surface area (Å²) in [5, 5.41) is 0. The van der Waals surface area contributed by atoms with E-state index >= 15 is 0 Å². The van der Waals surface area contributed by atoms with Gasteiger partial charge in [-0.3, -0.25) is 9.79 Å². The third-order valence-corrected chi connectivity index (χ3v) is 7.79. The Balaban J connectivity index is 1.05. The molecule has 5 rings (SSSR count). The molecule has 10 nitrogen and oxygen atoms in total. The Morgan fingerprint density at radius 3 is 2.16 bits per heavy atom. The SMILES string of the molecule is COc1cc2c(cc1OCCCCCCOc1ccc(Oc3cc(OC)c(OC)c(OC)c3)c(F)c1)N=C[C@@H]1CCCN1C2=O. The van der Waals surface area contributed by atoms with Crippen molar-refractivity contribution in [2.45, 2.75) is 44.6 Å². The topological polar surface area (TPSA) is 97.3 Å². The van der Waals surface area contributed by atoms with E-state index in [-0.39, 0.29) is 17.7 Å². The van der Waals surface area contributed by atoms with Crippen molar-refractivity contribution in [3.8, 4) is 46.0 Å². The maximum atomic E-state index is 14.8. The Morgan fingerprint density at radius 1 is 0.778 bits per heavy atom. The van der Waals surface area contributed by atoms with E-state index in [4.69, 9.17) is 33.2 Å². The van der Waals surface area contributed by atoms with Gasteiger partial charge in [-0.05, 0) is 56.7 Å². The van der Waals surface area contributed by atoms with Gasteiger partial charge in [0.2, 0.25) is 5.75 Å². The van der Waals surface area contributed by atoms with E-state index in [9.17, 15) is 9.18 Å². The van der Waals surface area contributed by atoms with Gasteiger partial charge in [-0.1, -0.05) is 0 Å². The first-order valence-corrected chi connectivity index (χ1v) is 15.1. The first kappa shape index (κ1) is 31.7. The second-order valence-electron chi connectivity index (χ2n) is 10.7. The Labute approximate surface area is 262 Å². The minimum Gasteiger partial charge on any atom is -0.493 e. The molecule has 0 bridgehead atoms. The summed E-state index contributed by atoms with van der Waals surface area (Å²) in [6.45, 7) is 1.70. The van der Waals surface area contributed by atoms with Crippen molar-refractivity contribution in [1.29, 1.82) is 0 Å². The van der Waals surface area contributed by atoms with Crippen LogP contribution in [-0.2, 0) is 0 Å². The van der Waals surface area contributed by atoms with Gasteiger partial charge in [-0.2, -0.15) is 0 Å². The second-order valence-corrected chi connectivity index (χ2v) is 10.7. The highest BCUT2D eigenvalue weighted by Crippen LogP contribution is 2.42. The number of halogens is 1. The number of nitrogens with zero attached hydrogens (tertiary/aromatic N) is 2. The van der Waals surface area contributed by atoms with Crippen LogP contribution in [0, 0.1) is 5.82 Å². The summed E-state index contributed by atoms with van der Waals surface area (Å²) in [7, 11) is 6.07. The number of hydrogen-bond acceptors (Lipinski definition) is 9. The van der Waals surface area contributed by atoms with E-state index in [1.54, 1.807) is 37.4 Å². The Morgan fingerprint density at radius 2 is 1.49 bits per heavy atom. The maximum absolute atomic E-state index is 14.8. The first-order valence-electron chi connectivity index (χ1n) is 15.1. The summed E-state index contributed by atoms with van der Waals surface area (Å²) in [5.74, 6) is 2.56. The third kappa shape index (κ3) is 7.35.